The molecule has 0 aliphatic carbocycles. The highest BCUT2D eigenvalue weighted by Crippen LogP contribution is 2.35. The lowest BCUT2D eigenvalue weighted by molar-refractivity contribution is 0.199. The highest BCUT2D eigenvalue weighted by Gasteiger charge is 2.13. The topological polar surface area (TPSA) is 48.4 Å². The second kappa shape index (κ2) is 9.41. The predicted octanol–water partition coefficient (Wildman–Crippen LogP) is 5.44. The van der Waals surface area contributed by atoms with Gasteiger partial charge in [-0.05, 0) is 44.3 Å². The van der Waals surface area contributed by atoms with Gasteiger partial charge < -0.3 is 15.3 Å². The number of anilines is 1. The van der Waals surface area contributed by atoms with Crippen LogP contribution in [-0.2, 0) is 0 Å². The number of para-hydroxylation sites is 1. The number of aromatic nitrogens is 1. The first-order valence-corrected chi connectivity index (χ1v) is 11.0. The first-order valence-electron chi connectivity index (χ1n) is 11.0. The summed E-state index contributed by atoms with van der Waals surface area (Å²) in [6.07, 6.45) is 2.18. The van der Waals surface area contributed by atoms with Crippen LogP contribution < -0.4 is 5.32 Å². The maximum atomic E-state index is 9.19. The highest BCUT2D eigenvalue weighted by molar-refractivity contribution is 6.15. The zero-order chi connectivity index (χ0) is 20.9. The van der Waals surface area contributed by atoms with E-state index in [1.807, 2.05) is 0 Å². The zero-order valence-corrected chi connectivity index (χ0v) is 17.9. The van der Waals surface area contributed by atoms with Crippen molar-refractivity contribution < 1.29 is 5.11 Å². The Morgan fingerprint density at radius 3 is 2.50 bits per heavy atom. The van der Waals surface area contributed by atoms with Gasteiger partial charge in [0, 0.05) is 28.7 Å². The zero-order valence-electron chi connectivity index (χ0n) is 17.9. The van der Waals surface area contributed by atoms with E-state index in [-0.39, 0.29) is 6.61 Å². The first kappa shape index (κ1) is 20.6. The van der Waals surface area contributed by atoms with Crippen LogP contribution in [0.5, 0.6) is 0 Å². The van der Waals surface area contributed by atoms with Crippen LogP contribution in [0, 0.1) is 0 Å². The molecule has 2 N–H and O–H groups in total. The Morgan fingerprint density at radius 2 is 1.70 bits per heavy atom. The van der Waals surface area contributed by atoms with E-state index in [0.717, 1.165) is 43.5 Å². The van der Waals surface area contributed by atoms with E-state index in [2.05, 4.69) is 84.7 Å². The number of rotatable bonds is 9. The van der Waals surface area contributed by atoms with Crippen molar-refractivity contribution in [1.29, 1.82) is 0 Å². The lowest BCUT2D eigenvalue weighted by atomic mass is 10.0. The van der Waals surface area contributed by atoms with E-state index in [0.29, 0.717) is 6.04 Å². The monoisotopic (exact) mass is 401 g/mol. The Bertz CT molecular complexity index is 1140. The summed E-state index contributed by atoms with van der Waals surface area (Å²) in [5.41, 5.74) is 3.26. The van der Waals surface area contributed by atoms with Crippen molar-refractivity contribution in [3.05, 3.63) is 60.7 Å². The van der Waals surface area contributed by atoms with Crippen molar-refractivity contribution in [2.45, 2.75) is 32.7 Å². The standard InChI is InChI=1S/C26H31N3O/c1-3-29(17-18-30)16-8-9-19(2)27-26-22-12-6-7-13-24(22)28-25-21-11-5-4-10-20(21)14-15-23(25)26/h4-7,10-15,19,30H,3,8-9,16-18H2,1-2H3,(H,27,28). The number of nitrogens with one attached hydrogen (secondary N) is 1. The third-order valence-electron chi connectivity index (χ3n) is 5.94. The number of hydrogen-bond acceptors (Lipinski definition) is 4. The van der Waals surface area contributed by atoms with Crippen LogP contribution in [0.1, 0.15) is 26.7 Å². The molecule has 0 fully saturated rings. The molecule has 1 unspecified atom stereocenters. The molecule has 0 amide bonds. The van der Waals surface area contributed by atoms with Gasteiger partial charge in [-0.25, -0.2) is 4.98 Å². The quantitative estimate of drug-likeness (QED) is 0.290. The molecule has 4 nitrogen and oxygen atoms in total. The summed E-state index contributed by atoms with van der Waals surface area (Å²) in [6.45, 7) is 7.39. The number of aliphatic hydroxyl groups excluding tert-OH is 1. The van der Waals surface area contributed by atoms with Gasteiger partial charge in [-0.2, -0.15) is 0 Å². The summed E-state index contributed by atoms with van der Waals surface area (Å²) >= 11 is 0. The number of benzene rings is 3. The maximum absolute atomic E-state index is 9.19. The van der Waals surface area contributed by atoms with Crippen LogP contribution in [0.15, 0.2) is 60.7 Å². The van der Waals surface area contributed by atoms with Crippen molar-refractivity contribution in [2.75, 3.05) is 31.6 Å². The summed E-state index contributed by atoms with van der Waals surface area (Å²) in [7, 11) is 0. The molecule has 3 aromatic carbocycles. The molecule has 1 atom stereocenters. The molecule has 4 heteroatoms. The molecule has 0 spiro atoms. The van der Waals surface area contributed by atoms with Crippen molar-refractivity contribution >= 4 is 38.3 Å². The molecule has 156 valence electrons. The van der Waals surface area contributed by atoms with Crippen LogP contribution in [0.2, 0.25) is 0 Å². The van der Waals surface area contributed by atoms with Crippen molar-refractivity contribution in [3.63, 3.8) is 0 Å². The summed E-state index contributed by atoms with van der Waals surface area (Å²) < 4.78 is 0. The Morgan fingerprint density at radius 1 is 0.933 bits per heavy atom. The fourth-order valence-electron chi connectivity index (χ4n) is 4.29. The molecule has 1 aromatic heterocycles. The van der Waals surface area contributed by atoms with E-state index in [1.165, 1.54) is 27.2 Å². The minimum atomic E-state index is 0.227. The summed E-state index contributed by atoms with van der Waals surface area (Å²) in [6, 6.07) is 21.6. The van der Waals surface area contributed by atoms with Gasteiger partial charge in [0.2, 0.25) is 0 Å². The Labute approximate surface area is 178 Å². The Kier molecular flexibility index (Phi) is 6.46. The normalized spacial score (nSPS) is 12.8. The van der Waals surface area contributed by atoms with Crippen molar-refractivity contribution in [1.82, 2.24) is 9.88 Å². The van der Waals surface area contributed by atoms with E-state index in [1.54, 1.807) is 0 Å². The second-order valence-corrected chi connectivity index (χ2v) is 8.03. The molecular weight excluding hydrogens is 370 g/mol. The molecule has 4 rings (SSSR count). The molecule has 1 heterocycles. The number of fused-ring (bicyclic) bond motifs is 4. The second-order valence-electron chi connectivity index (χ2n) is 8.03. The minimum Gasteiger partial charge on any atom is -0.395 e. The number of likely N-dealkylation sites (N-methyl/N-ethyl adjacent to an activating group) is 1. The van der Waals surface area contributed by atoms with Crippen LogP contribution in [0.3, 0.4) is 0 Å². The summed E-state index contributed by atoms with van der Waals surface area (Å²) in [5.74, 6) is 0. The number of nitrogens with zero attached hydrogens (tertiary/aromatic N) is 2. The van der Waals surface area contributed by atoms with Crippen molar-refractivity contribution in [2.24, 2.45) is 0 Å². The highest BCUT2D eigenvalue weighted by atomic mass is 16.3. The number of aliphatic hydroxyl groups is 1. The van der Waals surface area contributed by atoms with Crippen LogP contribution in [0.4, 0.5) is 5.69 Å². The fourth-order valence-corrected chi connectivity index (χ4v) is 4.29. The third-order valence-corrected chi connectivity index (χ3v) is 5.94. The van der Waals surface area contributed by atoms with Gasteiger partial charge in [-0.3, -0.25) is 0 Å². The van der Waals surface area contributed by atoms with E-state index >= 15 is 0 Å². The minimum absolute atomic E-state index is 0.227. The van der Waals surface area contributed by atoms with Crippen LogP contribution in [-0.4, -0.2) is 47.3 Å². The molecule has 4 aromatic rings. The number of hydrogen-bond donors (Lipinski definition) is 2. The van der Waals surface area contributed by atoms with E-state index in [9.17, 15) is 5.11 Å². The smallest absolute Gasteiger partial charge is 0.0808 e. The fraction of sp³-hybridized carbons (Fsp3) is 0.346. The van der Waals surface area contributed by atoms with Crippen LogP contribution >= 0.6 is 0 Å². The molecule has 0 radical (unpaired) electrons. The van der Waals surface area contributed by atoms with Crippen molar-refractivity contribution in [3.8, 4) is 0 Å². The molecule has 0 saturated heterocycles. The van der Waals surface area contributed by atoms with Gasteiger partial charge in [-0.15, -0.1) is 0 Å². The lowest BCUT2D eigenvalue weighted by Gasteiger charge is -2.22. The Balaban J connectivity index is 1.65. The van der Waals surface area contributed by atoms with Gasteiger partial charge in [0.05, 0.1) is 23.3 Å². The molecule has 0 saturated carbocycles. The largest absolute Gasteiger partial charge is 0.395 e. The Hall–Kier alpha value is -2.69. The van der Waals surface area contributed by atoms with E-state index in [4.69, 9.17) is 4.98 Å². The average molecular weight is 402 g/mol. The van der Waals surface area contributed by atoms with Gasteiger partial charge in [0.1, 0.15) is 0 Å². The SMILES string of the molecule is CCN(CCO)CCCC(C)Nc1c2ccccc2nc2c1ccc1ccccc12. The van der Waals surface area contributed by atoms with Gasteiger partial charge in [0.25, 0.3) is 0 Å². The first-order chi connectivity index (χ1) is 14.7. The summed E-state index contributed by atoms with van der Waals surface area (Å²) in [4.78, 5) is 7.32. The average Bonchev–Trinajstić information content (AvgIpc) is 2.78. The molecule has 0 aliphatic heterocycles. The third kappa shape index (κ3) is 4.25. The molecule has 0 aliphatic rings. The van der Waals surface area contributed by atoms with Gasteiger partial charge in [-0.1, -0.05) is 61.5 Å². The summed E-state index contributed by atoms with van der Waals surface area (Å²) in [5, 5.41) is 17.8. The lowest BCUT2D eigenvalue weighted by Crippen LogP contribution is -2.28. The van der Waals surface area contributed by atoms with Crippen LogP contribution in [0.25, 0.3) is 32.6 Å². The number of pyridine rings is 1. The van der Waals surface area contributed by atoms with E-state index < -0.39 is 0 Å². The predicted molar refractivity (Wildman–Crippen MR) is 128 cm³/mol. The molecular formula is C26H31N3O. The van der Waals surface area contributed by atoms with Gasteiger partial charge in [0.15, 0.2) is 0 Å². The molecule has 0 bridgehead atoms. The molecule has 30 heavy (non-hydrogen) atoms. The van der Waals surface area contributed by atoms with Gasteiger partial charge >= 0.3 is 0 Å². The maximum Gasteiger partial charge on any atom is 0.0808 e.